The quantitative estimate of drug-likeness (QED) is 0.733. The lowest BCUT2D eigenvalue weighted by atomic mass is 10.1. The summed E-state index contributed by atoms with van der Waals surface area (Å²) < 4.78 is 0. The van der Waals surface area contributed by atoms with Crippen LogP contribution in [-0.4, -0.2) is 38.6 Å². The normalized spacial score (nSPS) is 9.79. The maximum atomic E-state index is 11.9. The van der Waals surface area contributed by atoms with E-state index in [-0.39, 0.29) is 30.7 Å². The molecular formula is C17H26Cl2N4O. The number of anilines is 1. The average Bonchev–Trinajstić information content (AvgIpc) is 2.52. The predicted octanol–water partition coefficient (Wildman–Crippen LogP) is 2.76. The summed E-state index contributed by atoms with van der Waals surface area (Å²) in [6.07, 6.45) is 1.40. The van der Waals surface area contributed by atoms with E-state index in [0.717, 1.165) is 35.2 Å². The van der Waals surface area contributed by atoms with E-state index in [2.05, 4.69) is 15.6 Å². The molecule has 0 spiro atoms. The van der Waals surface area contributed by atoms with Gasteiger partial charge in [-0.05, 0) is 37.7 Å². The number of carbonyl (C=O) groups is 1. The molecule has 2 aromatic rings. The second-order valence-electron chi connectivity index (χ2n) is 5.53. The van der Waals surface area contributed by atoms with Gasteiger partial charge in [-0.15, -0.1) is 24.8 Å². The molecule has 1 heterocycles. The topological polar surface area (TPSA) is 57.3 Å². The number of nitrogens with one attached hydrogen (secondary N) is 2. The van der Waals surface area contributed by atoms with Crippen molar-refractivity contribution >= 4 is 47.4 Å². The second kappa shape index (κ2) is 11.1. The smallest absolute Gasteiger partial charge is 0.220 e. The summed E-state index contributed by atoms with van der Waals surface area (Å²) in [4.78, 5) is 18.5. The van der Waals surface area contributed by atoms with Crippen LogP contribution >= 0.6 is 24.8 Å². The number of benzene rings is 1. The molecule has 2 N–H and O–H groups in total. The first-order valence-corrected chi connectivity index (χ1v) is 7.59. The number of aromatic nitrogens is 1. The Balaban J connectivity index is 0.00000264. The van der Waals surface area contributed by atoms with Crippen LogP contribution in [0.4, 0.5) is 5.82 Å². The zero-order chi connectivity index (χ0) is 15.9. The van der Waals surface area contributed by atoms with Crippen LogP contribution in [0, 0.1) is 0 Å². The van der Waals surface area contributed by atoms with Crippen LogP contribution in [-0.2, 0) is 11.3 Å². The van der Waals surface area contributed by atoms with Crippen LogP contribution in [0.3, 0.4) is 0 Å². The van der Waals surface area contributed by atoms with Crippen LogP contribution in [0.2, 0.25) is 0 Å². The van der Waals surface area contributed by atoms with Crippen molar-refractivity contribution in [3.05, 3.63) is 35.9 Å². The summed E-state index contributed by atoms with van der Waals surface area (Å²) >= 11 is 0. The van der Waals surface area contributed by atoms with Crippen LogP contribution < -0.4 is 15.5 Å². The van der Waals surface area contributed by atoms with Crippen molar-refractivity contribution in [2.24, 2.45) is 0 Å². The van der Waals surface area contributed by atoms with Gasteiger partial charge in [0, 0.05) is 32.4 Å². The minimum Gasteiger partial charge on any atom is -0.363 e. The molecule has 24 heavy (non-hydrogen) atoms. The summed E-state index contributed by atoms with van der Waals surface area (Å²) in [5.41, 5.74) is 2.05. The van der Waals surface area contributed by atoms with Gasteiger partial charge in [0.15, 0.2) is 0 Å². The summed E-state index contributed by atoms with van der Waals surface area (Å²) in [6.45, 7) is 1.39. The molecule has 0 fully saturated rings. The van der Waals surface area contributed by atoms with Crippen LogP contribution in [0.5, 0.6) is 0 Å². The number of fused-ring (bicyclic) bond motifs is 1. The van der Waals surface area contributed by atoms with E-state index in [1.807, 2.05) is 56.4 Å². The molecule has 0 aliphatic heterocycles. The van der Waals surface area contributed by atoms with Gasteiger partial charge in [0.1, 0.15) is 5.82 Å². The second-order valence-corrected chi connectivity index (χ2v) is 5.53. The third-order valence-electron chi connectivity index (χ3n) is 3.55. The Kier molecular flexibility index (Phi) is 10.4. The van der Waals surface area contributed by atoms with Gasteiger partial charge in [0.25, 0.3) is 0 Å². The van der Waals surface area contributed by atoms with E-state index < -0.39 is 0 Å². The minimum absolute atomic E-state index is 0. The van der Waals surface area contributed by atoms with Crippen molar-refractivity contribution in [1.82, 2.24) is 15.6 Å². The first-order valence-electron chi connectivity index (χ1n) is 7.59. The van der Waals surface area contributed by atoms with Gasteiger partial charge in [-0.3, -0.25) is 4.79 Å². The molecule has 0 radical (unpaired) electrons. The fraction of sp³-hybridized carbons (Fsp3) is 0.412. The van der Waals surface area contributed by atoms with Crippen LogP contribution in [0.15, 0.2) is 30.3 Å². The van der Waals surface area contributed by atoms with Gasteiger partial charge in [-0.25, -0.2) is 4.98 Å². The number of nitrogens with zero attached hydrogens (tertiary/aromatic N) is 2. The van der Waals surface area contributed by atoms with E-state index >= 15 is 0 Å². The van der Waals surface area contributed by atoms with E-state index in [4.69, 9.17) is 0 Å². The highest BCUT2D eigenvalue weighted by atomic mass is 35.5. The Morgan fingerprint density at radius 1 is 1.21 bits per heavy atom. The molecule has 0 bridgehead atoms. The molecule has 0 unspecified atom stereocenters. The number of amides is 1. The molecule has 134 valence electrons. The zero-order valence-electron chi connectivity index (χ0n) is 14.3. The number of pyridine rings is 1. The molecule has 1 amide bonds. The van der Waals surface area contributed by atoms with Gasteiger partial charge >= 0.3 is 0 Å². The highest BCUT2D eigenvalue weighted by Crippen LogP contribution is 2.21. The maximum Gasteiger partial charge on any atom is 0.220 e. The Labute approximate surface area is 156 Å². The van der Waals surface area contributed by atoms with Crippen LogP contribution in [0.1, 0.15) is 18.4 Å². The lowest BCUT2D eigenvalue weighted by molar-refractivity contribution is -0.121. The van der Waals surface area contributed by atoms with E-state index in [1.165, 1.54) is 0 Å². The lowest BCUT2D eigenvalue weighted by Gasteiger charge is -2.15. The standard InChI is InChI=1S/C17H24N4O.2ClH/c1-18-10-6-9-17(22)19-12-13-11-16(21(2)3)20-15-8-5-4-7-14(13)15;;/h4-5,7-8,11,18H,6,9-10,12H2,1-3H3,(H,19,22);2*1H. The third kappa shape index (κ3) is 6.15. The highest BCUT2D eigenvalue weighted by Gasteiger charge is 2.08. The molecule has 5 nitrogen and oxygen atoms in total. The monoisotopic (exact) mass is 372 g/mol. The zero-order valence-corrected chi connectivity index (χ0v) is 16.0. The number of hydrogen-bond acceptors (Lipinski definition) is 4. The van der Waals surface area contributed by atoms with Gasteiger partial charge < -0.3 is 15.5 Å². The van der Waals surface area contributed by atoms with Crippen molar-refractivity contribution < 1.29 is 4.79 Å². The number of carbonyl (C=O) groups excluding carboxylic acids is 1. The Morgan fingerprint density at radius 2 is 1.92 bits per heavy atom. The van der Waals surface area contributed by atoms with Crippen molar-refractivity contribution in [1.29, 1.82) is 0 Å². The summed E-state index contributed by atoms with van der Waals surface area (Å²) in [6, 6.07) is 10.1. The largest absolute Gasteiger partial charge is 0.363 e. The predicted molar refractivity (Wildman–Crippen MR) is 106 cm³/mol. The molecule has 2 rings (SSSR count). The van der Waals surface area contributed by atoms with Gasteiger partial charge in [0.05, 0.1) is 5.52 Å². The molecule has 0 atom stereocenters. The Bertz CT molecular complexity index is 650. The molecule has 1 aromatic carbocycles. The molecule has 0 aliphatic carbocycles. The van der Waals surface area contributed by atoms with Crippen molar-refractivity contribution in [3.8, 4) is 0 Å². The van der Waals surface area contributed by atoms with Crippen molar-refractivity contribution in [3.63, 3.8) is 0 Å². The fourth-order valence-electron chi connectivity index (χ4n) is 2.32. The molecule has 0 saturated carbocycles. The Hall–Kier alpha value is -1.56. The van der Waals surface area contributed by atoms with Gasteiger partial charge in [0.2, 0.25) is 5.91 Å². The average molecular weight is 373 g/mol. The van der Waals surface area contributed by atoms with Crippen molar-refractivity contribution in [2.45, 2.75) is 19.4 Å². The van der Waals surface area contributed by atoms with Crippen molar-refractivity contribution in [2.75, 3.05) is 32.6 Å². The first-order chi connectivity index (χ1) is 10.6. The molecule has 7 heteroatoms. The van der Waals surface area contributed by atoms with E-state index in [1.54, 1.807) is 0 Å². The summed E-state index contributed by atoms with van der Waals surface area (Å²) in [7, 11) is 5.83. The fourth-order valence-corrected chi connectivity index (χ4v) is 2.32. The molecule has 0 saturated heterocycles. The minimum atomic E-state index is 0. The number of halogens is 2. The molecule has 0 aliphatic rings. The molecular weight excluding hydrogens is 347 g/mol. The SMILES string of the molecule is CNCCCC(=O)NCc1cc(N(C)C)nc2ccccc12.Cl.Cl. The molecule has 1 aromatic heterocycles. The third-order valence-corrected chi connectivity index (χ3v) is 3.55. The highest BCUT2D eigenvalue weighted by molar-refractivity contribution is 5.86. The first kappa shape index (κ1) is 22.4. The number of rotatable bonds is 7. The van der Waals surface area contributed by atoms with E-state index in [0.29, 0.717) is 13.0 Å². The summed E-state index contributed by atoms with van der Waals surface area (Å²) in [5, 5.41) is 7.14. The summed E-state index contributed by atoms with van der Waals surface area (Å²) in [5.74, 6) is 0.987. The maximum absolute atomic E-state index is 11.9. The van der Waals surface area contributed by atoms with E-state index in [9.17, 15) is 4.79 Å². The number of hydrogen-bond donors (Lipinski definition) is 2. The lowest BCUT2D eigenvalue weighted by Crippen LogP contribution is -2.24. The van der Waals surface area contributed by atoms with Gasteiger partial charge in [-0.2, -0.15) is 0 Å². The Morgan fingerprint density at radius 3 is 2.58 bits per heavy atom. The number of para-hydroxylation sites is 1. The van der Waals surface area contributed by atoms with Crippen LogP contribution in [0.25, 0.3) is 10.9 Å². The van der Waals surface area contributed by atoms with Gasteiger partial charge in [-0.1, -0.05) is 18.2 Å².